The monoisotopic (exact) mass is 214 g/mol. The van der Waals surface area contributed by atoms with E-state index in [1.807, 2.05) is 12.1 Å². The molecule has 0 fully saturated rings. The Morgan fingerprint density at radius 3 is 3.19 bits per heavy atom. The van der Waals surface area contributed by atoms with Crippen LogP contribution in [0.15, 0.2) is 41.0 Å². The summed E-state index contributed by atoms with van der Waals surface area (Å²) >= 11 is 0. The van der Waals surface area contributed by atoms with Gasteiger partial charge in [-0.15, -0.1) is 0 Å². The summed E-state index contributed by atoms with van der Waals surface area (Å²) in [6.07, 6.45) is 2.81. The molecule has 0 atom stereocenters. The van der Waals surface area contributed by atoms with Gasteiger partial charge in [0.1, 0.15) is 5.76 Å². The van der Waals surface area contributed by atoms with Gasteiger partial charge in [-0.05, 0) is 42.3 Å². The van der Waals surface area contributed by atoms with Crippen LogP contribution >= 0.6 is 0 Å². The van der Waals surface area contributed by atoms with Crippen LogP contribution in [0.25, 0.3) is 0 Å². The minimum atomic E-state index is 0.735. The molecule has 1 aromatic carbocycles. The molecule has 82 valence electrons. The van der Waals surface area contributed by atoms with Crippen molar-refractivity contribution in [3.8, 4) is 0 Å². The average Bonchev–Trinajstić information content (AvgIpc) is 2.97. The molecule has 1 aromatic heterocycles. The van der Waals surface area contributed by atoms with Gasteiger partial charge >= 0.3 is 0 Å². The number of benzene rings is 1. The first-order valence-electron chi connectivity index (χ1n) is 5.55. The van der Waals surface area contributed by atoms with Gasteiger partial charge in [-0.2, -0.15) is 0 Å². The van der Waals surface area contributed by atoms with Crippen LogP contribution < -0.4 is 10.6 Å². The van der Waals surface area contributed by atoms with Crippen molar-refractivity contribution in [1.29, 1.82) is 0 Å². The van der Waals surface area contributed by atoms with Crippen LogP contribution in [0.4, 0.5) is 11.4 Å². The zero-order valence-corrected chi connectivity index (χ0v) is 8.99. The maximum absolute atomic E-state index is 5.27. The number of nitrogens with one attached hydrogen (secondary N) is 2. The SMILES string of the molecule is c1coc(CNc2ccc3c(c2)CCN3)c1. The summed E-state index contributed by atoms with van der Waals surface area (Å²) in [5, 5.41) is 6.71. The van der Waals surface area contributed by atoms with Crippen molar-refractivity contribution in [2.24, 2.45) is 0 Å². The molecule has 2 aromatic rings. The van der Waals surface area contributed by atoms with Crippen LogP contribution in [-0.4, -0.2) is 6.54 Å². The van der Waals surface area contributed by atoms with Crippen LogP contribution in [0.3, 0.4) is 0 Å². The largest absolute Gasteiger partial charge is 0.467 e. The number of fused-ring (bicyclic) bond motifs is 1. The lowest BCUT2D eigenvalue weighted by Gasteiger charge is -2.06. The van der Waals surface area contributed by atoms with Crippen molar-refractivity contribution in [3.05, 3.63) is 47.9 Å². The van der Waals surface area contributed by atoms with Crippen molar-refractivity contribution in [3.63, 3.8) is 0 Å². The summed E-state index contributed by atoms with van der Waals surface area (Å²) in [7, 11) is 0. The van der Waals surface area contributed by atoms with Gasteiger partial charge in [0.05, 0.1) is 12.8 Å². The van der Waals surface area contributed by atoms with Crippen LogP contribution in [0, 0.1) is 0 Å². The topological polar surface area (TPSA) is 37.2 Å². The van der Waals surface area contributed by atoms with Crippen molar-refractivity contribution < 1.29 is 4.42 Å². The van der Waals surface area contributed by atoms with Crippen LogP contribution in [0.2, 0.25) is 0 Å². The van der Waals surface area contributed by atoms with Gasteiger partial charge < -0.3 is 15.1 Å². The third kappa shape index (κ3) is 1.76. The summed E-state index contributed by atoms with van der Waals surface area (Å²) in [5.74, 6) is 0.957. The minimum absolute atomic E-state index is 0.735. The van der Waals surface area contributed by atoms with E-state index in [1.54, 1.807) is 6.26 Å². The van der Waals surface area contributed by atoms with E-state index in [1.165, 1.54) is 11.3 Å². The molecule has 0 saturated carbocycles. The first-order chi connectivity index (χ1) is 7.92. The molecule has 0 radical (unpaired) electrons. The van der Waals surface area contributed by atoms with E-state index in [4.69, 9.17) is 4.42 Å². The second kappa shape index (κ2) is 3.93. The Labute approximate surface area is 94.5 Å². The molecule has 3 rings (SSSR count). The molecule has 0 bridgehead atoms. The molecule has 1 aliphatic rings. The Kier molecular flexibility index (Phi) is 2.29. The molecular formula is C13H14N2O. The number of hydrogen-bond acceptors (Lipinski definition) is 3. The Bertz CT molecular complexity index is 477. The van der Waals surface area contributed by atoms with Crippen LogP contribution in [-0.2, 0) is 13.0 Å². The summed E-state index contributed by atoms with van der Waals surface area (Å²) in [6, 6.07) is 10.3. The summed E-state index contributed by atoms with van der Waals surface area (Å²) in [5.41, 5.74) is 3.81. The highest BCUT2D eigenvalue weighted by molar-refractivity contribution is 5.62. The minimum Gasteiger partial charge on any atom is -0.467 e. The zero-order valence-electron chi connectivity index (χ0n) is 8.99. The van der Waals surface area contributed by atoms with Crippen molar-refractivity contribution in [2.75, 3.05) is 17.2 Å². The molecule has 0 amide bonds. The zero-order chi connectivity index (χ0) is 10.8. The highest BCUT2D eigenvalue weighted by Crippen LogP contribution is 2.25. The quantitative estimate of drug-likeness (QED) is 0.825. The third-order valence-corrected chi connectivity index (χ3v) is 2.86. The first kappa shape index (κ1) is 9.33. The Hall–Kier alpha value is -1.90. The molecule has 3 heteroatoms. The van der Waals surface area contributed by atoms with Gasteiger partial charge in [-0.3, -0.25) is 0 Å². The van der Waals surface area contributed by atoms with E-state index < -0.39 is 0 Å². The molecular weight excluding hydrogens is 200 g/mol. The van der Waals surface area contributed by atoms with Crippen molar-refractivity contribution >= 4 is 11.4 Å². The number of hydrogen-bond donors (Lipinski definition) is 2. The Balaban J connectivity index is 1.71. The average molecular weight is 214 g/mol. The van der Waals surface area contributed by atoms with Crippen LogP contribution in [0.5, 0.6) is 0 Å². The van der Waals surface area contributed by atoms with Crippen molar-refractivity contribution in [2.45, 2.75) is 13.0 Å². The van der Waals surface area contributed by atoms with E-state index in [0.717, 1.165) is 31.0 Å². The molecule has 16 heavy (non-hydrogen) atoms. The number of furan rings is 1. The second-order valence-corrected chi connectivity index (χ2v) is 3.98. The molecule has 2 heterocycles. The lowest BCUT2D eigenvalue weighted by molar-refractivity contribution is 0.518. The molecule has 0 spiro atoms. The Morgan fingerprint density at radius 1 is 1.31 bits per heavy atom. The van der Waals surface area contributed by atoms with Gasteiger partial charge in [-0.25, -0.2) is 0 Å². The lowest BCUT2D eigenvalue weighted by atomic mass is 10.1. The van der Waals surface area contributed by atoms with Gasteiger partial charge in [0.2, 0.25) is 0 Å². The maximum atomic E-state index is 5.27. The van der Waals surface area contributed by atoms with E-state index in [0.29, 0.717) is 0 Å². The van der Waals surface area contributed by atoms with Crippen LogP contribution in [0.1, 0.15) is 11.3 Å². The van der Waals surface area contributed by atoms with Gasteiger partial charge in [0, 0.05) is 17.9 Å². The summed E-state index contributed by atoms with van der Waals surface area (Å²) < 4.78 is 5.27. The van der Waals surface area contributed by atoms with Gasteiger partial charge in [0.15, 0.2) is 0 Å². The molecule has 3 nitrogen and oxygen atoms in total. The number of rotatable bonds is 3. The fourth-order valence-electron chi connectivity index (χ4n) is 2.02. The third-order valence-electron chi connectivity index (χ3n) is 2.86. The fraction of sp³-hybridized carbons (Fsp3) is 0.231. The van der Waals surface area contributed by atoms with Gasteiger partial charge in [0.25, 0.3) is 0 Å². The maximum Gasteiger partial charge on any atom is 0.122 e. The van der Waals surface area contributed by atoms with Gasteiger partial charge in [-0.1, -0.05) is 0 Å². The molecule has 1 aliphatic heterocycles. The molecule has 2 N–H and O–H groups in total. The fourth-order valence-corrected chi connectivity index (χ4v) is 2.02. The highest BCUT2D eigenvalue weighted by Gasteiger charge is 2.09. The van der Waals surface area contributed by atoms with E-state index in [2.05, 4.69) is 28.8 Å². The predicted molar refractivity (Wildman–Crippen MR) is 64.7 cm³/mol. The summed E-state index contributed by atoms with van der Waals surface area (Å²) in [6.45, 7) is 1.79. The van der Waals surface area contributed by atoms with Crippen molar-refractivity contribution in [1.82, 2.24) is 0 Å². The molecule has 0 aliphatic carbocycles. The molecule has 0 saturated heterocycles. The highest BCUT2D eigenvalue weighted by atomic mass is 16.3. The Morgan fingerprint density at radius 2 is 2.31 bits per heavy atom. The number of anilines is 2. The van der Waals surface area contributed by atoms with E-state index in [-0.39, 0.29) is 0 Å². The second-order valence-electron chi connectivity index (χ2n) is 3.98. The lowest BCUT2D eigenvalue weighted by Crippen LogP contribution is -1.98. The van der Waals surface area contributed by atoms with E-state index >= 15 is 0 Å². The van der Waals surface area contributed by atoms with E-state index in [9.17, 15) is 0 Å². The normalized spacial score (nSPS) is 13.2. The molecule has 0 unspecified atom stereocenters. The first-order valence-corrected chi connectivity index (χ1v) is 5.55. The summed E-state index contributed by atoms with van der Waals surface area (Å²) in [4.78, 5) is 0. The smallest absolute Gasteiger partial charge is 0.122 e. The predicted octanol–water partition coefficient (Wildman–Crippen LogP) is 2.86. The standard InChI is InChI=1S/C13H14N2O/c1-2-12(16-7-1)9-15-11-3-4-13-10(8-11)5-6-14-13/h1-4,7-8,14-15H,5-6,9H2.